The van der Waals surface area contributed by atoms with E-state index < -0.39 is 0 Å². The molecule has 0 spiro atoms. The number of nitrogens with zero attached hydrogens (tertiary/aromatic N) is 1. The van der Waals surface area contributed by atoms with Crippen LogP contribution in [0.4, 0.5) is 17.1 Å². The van der Waals surface area contributed by atoms with Crippen molar-refractivity contribution in [3.05, 3.63) is 211 Å². The second-order valence-corrected chi connectivity index (χ2v) is 17.9. The van der Waals surface area contributed by atoms with Crippen LogP contribution in [0.5, 0.6) is 0 Å². The van der Waals surface area contributed by atoms with Crippen LogP contribution in [0.25, 0.3) is 109 Å². The largest absolute Gasteiger partial charge is 0.455 e. The number of hydrogen-bond acceptors (Lipinski definition) is 3. The van der Waals surface area contributed by atoms with Crippen LogP contribution in [-0.4, -0.2) is 0 Å². The maximum atomic E-state index is 7.21. The van der Waals surface area contributed by atoms with Gasteiger partial charge in [-0.1, -0.05) is 166 Å². The Morgan fingerprint density at radius 2 is 0.969 bits per heavy atom. The average molecular weight is 818 g/mol. The molecule has 0 amide bonds. The van der Waals surface area contributed by atoms with Gasteiger partial charge in [0, 0.05) is 32.8 Å². The Balaban J connectivity index is 1.07. The van der Waals surface area contributed by atoms with Gasteiger partial charge in [-0.2, -0.15) is 0 Å². The number of rotatable bonds is 4. The highest BCUT2D eigenvalue weighted by Crippen LogP contribution is 2.53. The molecule has 11 aromatic carbocycles. The molecule has 0 bridgehead atoms. The van der Waals surface area contributed by atoms with E-state index in [1.54, 1.807) is 0 Å². The lowest BCUT2D eigenvalue weighted by Gasteiger charge is -2.28. The van der Waals surface area contributed by atoms with Crippen LogP contribution in [0.2, 0.25) is 0 Å². The van der Waals surface area contributed by atoms with E-state index in [1.807, 2.05) is 6.07 Å². The van der Waals surface area contributed by atoms with E-state index in [4.69, 9.17) is 8.83 Å². The zero-order chi connectivity index (χ0) is 42.3. The Kier molecular flexibility index (Phi) is 7.17. The van der Waals surface area contributed by atoms with E-state index in [9.17, 15) is 0 Å². The fraction of sp³-hybridized carbons (Fsp3) is 0.0492. The van der Waals surface area contributed by atoms with Crippen molar-refractivity contribution in [2.24, 2.45) is 0 Å². The second-order valence-electron chi connectivity index (χ2n) is 17.9. The Morgan fingerprint density at radius 1 is 0.375 bits per heavy atom. The Bertz CT molecular complexity index is 4090. The third kappa shape index (κ3) is 4.81. The molecule has 1 aliphatic carbocycles. The third-order valence-electron chi connectivity index (χ3n) is 14.2. The van der Waals surface area contributed by atoms with Gasteiger partial charge in [-0.3, -0.25) is 0 Å². The zero-order valence-electron chi connectivity index (χ0n) is 35.3. The highest BCUT2D eigenvalue weighted by molar-refractivity contribution is 6.27. The van der Waals surface area contributed by atoms with Crippen LogP contribution in [0.15, 0.2) is 209 Å². The topological polar surface area (TPSA) is 29.5 Å². The van der Waals surface area contributed by atoms with Gasteiger partial charge >= 0.3 is 0 Å². The number of benzene rings is 11. The van der Waals surface area contributed by atoms with Crippen molar-refractivity contribution >= 4 is 104 Å². The summed E-state index contributed by atoms with van der Waals surface area (Å²) >= 11 is 0. The Morgan fingerprint density at radius 3 is 1.78 bits per heavy atom. The van der Waals surface area contributed by atoms with Gasteiger partial charge in [0.15, 0.2) is 5.58 Å². The first-order valence-electron chi connectivity index (χ1n) is 22.2. The molecule has 3 heteroatoms. The molecular formula is C61H39NO2. The molecular weight excluding hydrogens is 779 g/mol. The summed E-state index contributed by atoms with van der Waals surface area (Å²) < 4.78 is 14.0. The van der Waals surface area contributed by atoms with Crippen LogP contribution in [0.3, 0.4) is 0 Å². The third-order valence-corrected chi connectivity index (χ3v) is 14.2. The van der Waals surface area contributed by atoms with Gasteiger partial charge in [-0.05, 0) is 119 Å². The monoisotopic (exact) mass is 817 g/mol. The fourth-order valence-electron chi connectivity index (χ4n) is 11.3. The van der Waals surface area contributed by atoms with Crippen molar-refractivity contribution < 1.29 is 8.83 Å². The molecule has 0 atom stereocenters. The molecule has 2 aromatic heterocycles. The summed E-state index contributed by atoms with van der Waals surface area (Å²) in [6, 6.07) is 72.9. The minimum absolute atomic E-state index is 0.182. The van der Waals surface area contributed by atoms with Gasteiger partial charge in [0.1, 0.15) is 16.7 Å². The lowest BCUT2D eigenvalue weighted by Crippen LogP contribution is -2.16. The first-order valence-corrected chi connectivity index (χ1v) is 22.2. The summed E-state index contributed by atoms with van der Waals surface area (Å²) in [5, 5.41) is 14.1. The van der Waals surface area contributed by atoms with Crippen molar-refractivity contribution in [3.63, 3.8) is 0 Å². The predicted octanol–water partition coefficient (Wildman–Crippen LogP) is 17.5. The van der Waals surface area contributed by atoms with E-state index in [1.165, 1.54) is 54.6 Å². The maximum Gasteiger partial charge on any atom is 0.159 e. The summed E-state index contributed by atoms with van der Waals surface area (Å²) in [5.41, 5.74) is 13.8. The van der Waals surface area contributed by atoms with Gasteiger partial charge in [0.05, 0.1) is 16.8 Å². The highest BCUT2D eigenvalue weighted by Gasteiger charge is 2.36. The summed E-state index contributed by atoms with van der Waals surface area (Å²) in [6.45, 7) is 4.70. The number of hydrogen-bond donors (Lipinski definition) is 0. The molecule has 3 nitrogen and oxygen atoms in total. The molecule has 13 aromatic rings. The fourth-order valence-corrected chi connectivity index (χ4v) is 11.3. The normalized spacial score (nSPS) is 13.3. The summed E-state index contributed by atoms with van der Waals surface area (Å²) in [7, 11) is 0. The van der Waals surface area contributed by atoms with Gasteiger partial charge in [-0.15, -0.1) is 0 Å². The molecule has 0 aliphatic heterocycles. The molecule has 0 radical (unpaired) electrons. The van der Waals surface area contributed by atoms with Crippen LogP contribution >= 0.6 is 0 Å². The first-order chi connectivity index (χ1) is 31.5. The minimum Gasteiger partial charge on any atom is -0.455 e. The molecule has 14 rings (SSSR count). The van der Waals surface area contributed by atoms with Crippen molar-refractivity contribution in [1.29, 1.82) is 0 Å². The molecule has 64 heavy (non-hydrogen) atoms. The standard InChI is InChI=1S/C61H39NO2/c1-61(2)51-24-11-9-21-45(51)46-32-30-38(35-52(46)61)62(54-26-13-23-48-47-22-10-12-27-55(47)63-59(48)54)53-25-14-28-56-58(53)50-33-36-15-3-4-16-39(36)57(60(50)64-56)37-29-31-44-42-19-6-5-17-40(42)41-18-7-8-20-43(41)49(44)34-37/h3-35H,1-2H3. The zero-order valence-corrected chi connectivity index (χ0v) is 35.3. The number of fused-ring (bicyclic) bond motifs is 16. The summed E-state index contributed by atoms with van der Waals surface area (Å²) in [5.74, 6) is 0. The van der Waals surface area contributed by atoms with E-state index in [0.717, 1.165) is 82.8 Å². The van der Waals surface area contributed by atoms with Crippen LogP contribution in [-0.2, 0) is 5.41 Å². The lowest BCUT2D eigenvalue weighted by molar-refractivity contribution is 0.660. The SMILES string of the molecule is CC1(C)c2ccccc2-c2ccc(N(c3cccc4c3oc3ccccc34)c3cccc4oc5c(-c6ccc7c8ccccc8c8ccccc8c7c6)c6ccccc6cc5c34)cc21. The molecule has 0 unspecified atom stereocenters. The van der Waals surface area contributed by atoms with E-state index >= 15 is 0 Å². The molecule has 2 heterocycles. The van der Waals surface area contributed by atoms with E-state index in [-0.39, 0.29) is 5.41 Å². The van der Waals surface area contributed by atoms with E-state index in [2.05, 4.69) is 213 Å². The van der Waals surface area contributed by atoms with Crippen molar-refractivity contribution in [3.8, 4) is 22.3 Å². The quantitative estimate of drug-likeness (QED) is 0.166. The van der Waals surface area contributed by atoms with E-state index in [0.29, 0.717) is 0 Å². The van der Waals surface area contributed by atoms with Gasteiger partial charge in [0.25, 0.3) is 0 Å². The van der Waals surface area contributed by atoms with Gasteiger partial charge < -0.3 is 13.7 Å². The molecule has 0 saturated heterocycles. The van der Waals surface area contributed by atoms with Crippen molar-refractivity contribution in [2.45, 2.75) is 19.3 Å². The average Bonchev–Trinajstić information content (AvgIpc) is 3.99. The van der Waals surface area contributed by atoms with Crippen molar-refractivity contribution in [2.75, 3.05) is 4.90 Å². The minimum atomic E-state index is -0.182. The Hall–Kier alpha value is -8.14. The summed E-state index contributed by atoms with van der Waals surface area (Å²) in [6.07, 6.45) is 0. The number of para-hydroxylation sites is 2. The lowest BCUT2D eigenvalue weighted by atomic mass is 9.82. The molecule has 0 N–H and O–H groups in total. The van der Waals surface area contributed by atoms with Gasteiger partial charge in [0.2, 0.25) is 0 Å². The number of furan rings is 2. The predicted molar refractivity (Wildman–Crippen MR) is 269 cm³/mol. The molecule has 1 aliphatic rings. The summed E-state index contributed by atoms with van der Waals surface area (Å²) in [4.78, 5) is 2.41. The van der Waals surface area contributed by atoms with Crippen LogP contribution in [0, 0.1) is 0 Å². The smallest absolute Gasteiger partial charge is 0.159 e. The Labute approximate surface area is 369 Å². The van der Waals surface area contributed by atoms with Crippen LogP contribution in [0.1, 0.15) is 25.0 Å². The van der Waals surface area contributed by atoms with Crippen LogP contribution < -0.4 is 4.90 Å². The van der Waals surface area contributed by atoms with Gasteiger partial charge in [-0.25, -0.2) is 0 Å². The highest BCUT2D eigenvalue weighted by atomic mass is 16.3. The molecule has 300 valence electrons. The second kappa shape index (κ2) is 12.9. The number of anilines is 3. The molecule has 0 saturated carbocycles. The molecule has 0 fully saturated rings. The first kappa shape index (κ1) is 35.5. The van der Waals surface area contributed by atoms with Crippen molar-refractivity contribution in [1.82, 2.24) is 0 Å². The maximum absolute atomic E-state index is 7.21.